The predicted molar refractivity (Wildman–Crippen MR) is 137 cm³/mol. The number of likely N-dealkylation sites (N-methyl/N-ethyl adjacent to an activating group) is 1. The van der Waals surface area contributed by atoms with E-state index in [0.29, 0.717) is 58.8 Å². The second-order valence-electron chi connectivity index (χ2n) is 7.89. The first-order chi connectivity index (χ1) is 17.2. The van der Waals surface area contributed by atoms with Gasteiger partial charge in [0, 0.05) is 65.8 Å². The molecule has 1 fully saturated rings. The second-order valence-corrected chi connectivity index (χ2v) is 7.89. The van der Waals surface area contributed by atoms with Gasteiger partial charge in [0.05, 0.1) is 13.1 Å². The van der Waals surface area contributed by atoms with Gasteiger partial charge in [-0.05, 0) is 13.0 Å². The van der Waals surface area contributed by atoms with Crippen LogP contribution in [-0.2, 0) is 24.0 Å². The molecule has 1 heterocycles. The second kappa shape index (κ2) is 22.8. The SMILES string of the molecule is CC.CCN1CCN(CC(=O)O)CCN(CC(N)=O)CCN(C(CCC=O)C(=O)O)CC1.CNC=O. The van der Waals surface area contributed by atoms with Gasteiger partial charge in [-0.2, -0.15) is 0 Å². The van der Waals surface area contributed by atoms with Crippen LogP contribution in [0.2, 0.25) is 0 Å². The Morgan fingerprint density at radius 1 is 0.889 bits per heavy atom. The molecule has 1 unspecified atom stereocenters. The Bertz CT molecular complexity index is 638. The molecule has 0 spiro atoms. The summed E-state index contributed by atoms with van der Waals surface area (Å²) in [6, 6.07) is -0.782. The molecule has 1 aliphatic heterocycles. The summed E-state index contributed by atoms with van der Waals surface area (Å²) in [5.41, 5.74) is 5.36. The van der Waals surface area contributed by atoms with E-state index in [1.54, 1.807) is 7.05 Å². The molecule has 0 aromatic carbocycles. The number of aliphatic carboxylic acids is 2. The van der Waals surface area contributed by atoms with E-state index in [4.69, 9.17) is 10.5 Å². The van der Waals surface area contributed by atoms with Crippen LogP contribution in [-0.4, -0.2) is 145 Å². The van der Waals surface area contributed by atoms with Crippen molar-refractivity contribution < 1.29 is 34.2 Å². The zero-order valence-corrected chi connectivity index (χ0v) is 22.2. The molecule has 13 nitrogen and oxygen atoms in total. The molecule has 1 atom stereocenters. The van der Waals surface area contributed by atoms with Gasteiger partial charge in [-0.3, -0.25) is 33.9 Å². The van der Waals surface area contributed by atoms with Crippen molar-refractivity contribution in [2.24, 2.45) is 5.73 Å². The molecule has 0 saturated carbocycles. The summed E-state index contributed by atoms with van der Waals surface area (Å²) >= 11 is 0. The van der Waals surface area contributed by atoms with E-state index >= 15 is 0 Å². The minimum Gasteiger partial charge on any atom is -0.480 e. The number of nitrogens with one attached hydrogen (secondary N) is 1. The zero-order chi connectivity index (χ0) is 27.9. The number of amides is 2. The standard InChI is InChI=1S/C19H35N5O6.C2H5NO.C2H6/c1-2-21-5-6-23(15-18(27)28)8-7-22(14-17(20)26)10-12-24(11-9-21)16(19(29)30)4-3-13-25;1-3-2-4;1-2/h13,16H,2-12,14-15H2,1H3,(H2,20,26)(H,27,28)(H,29,30);2H,1H3,(H,3,4);1-2H3. The maximum absolute atomic E-state index is 11.8. The van der Waals surface area contributed by atoms with E-state index in [-0.39, 0.29) is 25.9 Å². The van der Waals surface area contributed by atoms with Gasteiger partial charge in [-0.15, -0.1) is 0 Å². The highest BCUT2D eigenvalue weighted by Crippen LogP contribution is 2.09. The van der Waals surface area contributed by atoms with Crippen molar-refractivity contribution in [2.75, 3.05) is 79.0 Å². The molecule has 0 aromatic heterocycles. The van der Waals surface area contributed by atoms with Crippen LogP contribution in [0.15, 0.2) is 0 Å². The molecule has 0 radical (unpaired) electrons. The van der Waals surface area contributed by atoms with Crippen molar-refractivity contribution in [3.8, 4) is 0 Å². The number of rotatable bonds is 11. The first-order valence-electron chi connectivity index (χ1n) is 12.4. The van der Waals surface area contributed by atoms with Gasteiger partial charge in [0.1, 0.15) is 12.3 Å². The molecule has 36 heavy (non-hydrogen) atoms. The molecule has 1 rings (SSSR count). The Morgan fingerprint density at radius 3 is 1.72 bits per heavy atom. The van der Waals surface area contributed by atoms with E-state index in [0.717, 1.165) is 12.8 Å². The van der Waals surface area contributed by atoms with Gasteiger partial charge < -0.3 is 31.0 Å². The average Bonchev–Trinajstić information content (AvgIpc) is 2.84. The van der Waals surface area contributed by atoms with Crippen LogP contribution in [0.3, 0.4) is 0 Å². The summed E-state index contributed by atoms with van der Waals surface area (Å²) in [6.45, 7) is 10.8. The number of primary amides is 1. The lowest BCUT2D eigenvalue weighted by Crippen LogP contribution is -2.51. The van der Waals surface area contributed by atoms with Crippen LogP contribution in [0, 0.1) is 0 Å². The summed E-state index contributed by atoms with van der Waals surface area (Å²) in [7, 11) is 1.56. The van der Waals surface area contributed by atoms with Crippen molar-refractivity contribution in [3.05, 3.63) is 0 Å². The van der Waals surface area contributed by atoms with Crippen LogP contribution >= 0.6 is 0 Å². The van der Waals surface area contributed by atoms with Gasteiger partial charge >= 0.3 is 11.9 Å². The van der Waals surface area contributed by atoms with Crippen LogP contribution in [0.25, 0.3) is 0 Å². The number of aldehydes is 1. The number of carbonyl (C=O) groups excluding carboxylic acids is 3. The van der Waals surface area contributed by atoms with E-state index < -0.39 is 23.9 Å². The smallest absolute Gasteiger partial charge is 0.320 e. The topological polar surface area (TPSA) is 177 Å². The third kappa shape index (κ3) is 17.8. The molecule has 5 N–H and O–H groups in total. The lowest BCUT2D eigenvalue weighted by Gasteiger charge is -2.35. The van der Waals surface area contributed by atoms with Gasteiger partial charge in [0.15, 0.2) is 0 Å². The highest BCUT2D eigenvalue weighted by molar-refractivity contribution is 5.76. The van der Waals surface area contributed by atoms with E-state index in [2.05, 4.69) is 10.2 Å². The van der Waals surface area contributed by atoms with Crippen LogP contribution in [0.1, 0.15) is 33.6 Å². The van der Waals surface area contributed by atoms with E-state index in [1.165, 1.54) is 0 Å². The Morgan fingerprint density at radius 2 is 1.33 bits per heavy atom. The van der Waals surface area contributed by atoms with E-state index in [9.17, 15) is 29.4 Å². The van der Waals surface area contributed by atoms with Crippen LogP contribution in [0.5, 0.6) is 0 Å². The number of hydrogen-bond donors (Lipinski definition) is 4. The molecule has 0 aromatic rings. The number of carboxylic acid groups (broad SMARTS) is 2. The number of carboxylic acids is 2. The number of carbonyl (C=O) groups is 5. The molecular formula is C23H46N6O7. The molecular weight excluding hydrogens is 472 g/mol. The van der Waals surface area contributed by atoms with Crippen molar-refractivity contribution in [1.82, 2.24) is 24.9 Å². The molecule has 0 aliphatic carbocycles. The Labute approximate surface area is 214 Å². The molecule has 2 amide bonds. The van der Waals surface area contributed by atoms with Gasteiger partial charge in [0.2, 0.25) is 12.3 Å². The highest BCUT2D eigenvalue weighted by atomic mass is 16.4. The fourth-order valence-corrected chi connectivity index (χ4v) is 3.60. The molecule has 1 aliphatic rings. The summed E-state index contributed by atoms with van der Waals surface area (Å²) in [4.78, 5) is 62.0. The van der Waals surface area contributed by atoms with Crippen molar-refractivity contribution in [2.45, 2.75) is 39.7 Å². The third-order valence-electron chi connectivity index (χ3n) is 5.46. The maximum Gasteiger partial charge on any atom is 0.320 e. The van der Waals surface area contributed by atoms with Gasteiger partial charge in [0.25, 0.3) is 0 Å². The predicted octanol–water partition coefficient (Wildman–Crippen LogP) is -1.38. The molecule has 0 bridgehead atoms. The molecule has 210 valence electrons. The van der Waals surface area contributed by atoms with Gasteiger partial charge in [-0.25, -0.2) is 0 Å². The fraction of sp³-hybridized carbons (Fsp3) is 0.783. The highest BCUT2D eigenvalue weighted by Gasteiger charge is 2.27. The van der Waals surface area contributed by atoms with Crippen LogP contribution < -0.4 is 11.1 Å². The van der Waals surface area contributed by atoms with E-state index in [1.807, 2.05) is 35.5 Å². The lowest BCUT2D eigenvalue weighted by molar-refractivity contribution is -0.144. The minimum absolute atomic E-state index is 0.0158. The summed E-state index contributed by atoms with van der Waals surface area (Å²) in [5.74, 6) is -2.37. The third-order valence-corrected chi connectivity index (χ3v) is 5.46. The Hall–Kier alpha value is -2.61. The van der Waals surface area contributed by atoms with Crippen molar-refractivity contribution in [1.29, 1.82) is 0 Å². The zero-order valence-electron chi connectivity index (χ0n) is 22.2. The normalized spacial score (nSPS) is 17.4. The van der Waals surface area contributed by atoms with Gasteiger partial charge in [-0.1, -0.05) is 20.8 Å². The lowest BCUT2D eigenvalue weighted by atomic mass is 10.1. The Balaban J connectivity index is 0. The minimum atomic E-state index is -0.971. The summed E-state index contributed by atoms with van der Waals surface area (Å²) < 4.78 is 0. The quantitative estimate of drug-likeness (QED) is 0.237. The molecule has 1 saturated heterocycles. The summed E-state index contributed by atoms with van der Waals surface area (Å²) in [6.07, 6.45) is 1.74. The largest absolute Gasteiger partial charge is 0.480 e. The average molecular weight is 519 g/mol. The number of nitrogens with zero attached hydrogens (tertiary/aromatic N) is 4. The van der Waals surface area contributed by atoms with Crippen molar-refractivity contribution >= 4 is 30.5 Å². The first-order valence-corrected chi connectivity index (χ1v) is 12.4. The first kappa shape index (κ1) is 35.6. The number of nitrogens with two attached hydrogens (primary N) is 1. The Kier molecular flexibility index (Phi) is 22.5. The fourth-order valence-electron chi connectivity index (χ4n) is 3.60. The van der Waals surface area contributed by atoms with Crippen molar-refractivity contribution in [3.63, 3.8) is 0 Å². The maximum atomic E-state index is 11.8. The van der Waals surface area contributed by atoms with Crippen LogP contribution in [0.4, 0.5) is 0 Å². The summed E-state index contributed by atoms with van der Waals surface area (Å²) in [5, 5.41) is 21.1. The number of hydrogen-bond acceptors (Lipinski definition) is 9. The monoisotopic (exact) mass is 518 g/mol. The molecule has 13 heteroatoms.